The monoisotopic (exact) mass is 237 g/mol. The Kier molecular flexibility index (Phi) is 4.97. The molecule has 0 unspecified atom stereocenters. The summed E-state index contributed by atoms with van der Waals surface area (Å²) < 4.78 is 5.06. The summed E-state index contributed by atoms with van der Waals surface area (Å²) >= 11 is 0. The molecule has 1 aromatic rings. The highest BCUT2D eigenvalue weighted by Gasteiger charge is 2.20. The molecule has 1 aromatic carbocycles. The van der Waals surface area contributed by atoms with E-state index in [0.717, 1.165) is 11.3 Å². The molecule has 0 bridgehead atoms. The fourth-order valence-corrected chi connectivity index (χ4v) is 1.58. The summed E-state index contributed by atoms with van der Waals surface area (Å²) in [6.07, 6.45) is 0. The number of methoxy groups -OCH3 is 1. The Balaban J connectivity index is 2.56. The number of hydrogen-bond acceptors (Lipinski definition) is 3. The molecule has 0 spiro atoms. The van der Waals surface area contributed by atoms with Crippen molar-refractivity contribution in [3.05, 3.63) is 29.8 Å². The minimum absolute atomic E-state index is 0.0609. The first-order valence-electron chi connectivity index (χ1n) is 5.63. The van der Waals surface area contributed by atoms with Crippen molar-refractivity contribution in [1.82, 2.24) is 5.32 Å². The first-order valence-corrected chi connectivity index (χ1v) is 5.63. The van der Waals surface area contributed by atoms with E-state index < -0.39 is 12.0 Å². The van der Waals surface area contributed by atoms with Gasteiger partial charge in [0.2, 0.25) is 0 Å². The maximum atomic E-state index is 11.0. The first-order chi connectivity index (χ1) is 8.04. The second kappa shape index (κ2) is 6.25. The summed E-state index contributed by atoms with van der Waals surface area (Å²) in [6, 6.07) is 7.05. The lowest BCUT2D eigenvalue weighted by atomic mass is 10.0. The number of hydrogen-bond donors (Lipinski definition) is 2. The van der Waals surface area contributed by atoms with E-state index in [-0.39, 0.29) is 5.92 Å². The SMILES string of the molecule is COc1ccc(CN[C@@H](C(=O)O)C(C)C)cc1. The Hall–Kier alpha value is -1.55. The second-order valence-electron chi connectivity index (χ2n) is 4.29. The number of ether oxygens (including phenoxy) is 1. The molecule has 0 heterocycles. The van der Waals surface area contributed by atoms with Gasteiger partial charge in [-0.2, -0.15) is 0 Å². The van der Waals surface area contributed by atoms with Gasteiger partial charge >= 0.3 is 5.97 Å². The van der Waals surface area contributed by atoms with Crippen LogP contribution in [0.2, 0.25) is 0 Å². The Morgan fingerprint density at radius 1 is 1.35 bits per heavy atom. The van der Waals surface area contributed by atoms with E-state index in [1.165, 1.54) is 0 Å². The molecule has 0 fully saturated rings. The van der Waals surface area contributed by atoms with Crippen LogP contribution in [0.5, 0.6) is 5.75 Å². The van der Waals surface area contributed by atoms with Crippen LogP contribution in [0.25, 0.3) is 0 Å². The fourth-order valence-electron chi connectivity index (χ4n) is 1.58. The van der Waals surface area contributed by atoms with Gasteiger partial charge < -0.3 is 15.2 Å². The third-order valence-electron chi connectivity index (χ3n) is 2.62. The van der Waals surface area contributed by atoms with Gasteiger partial charge in [-0.3, -0.25) is 4.79 Å². The lowest BCUT2D eigenvalue weighted by Gasteiger charge is -2.17. The lowest BCUT2D eigenvalue weighted by molar-refractivity contribution is -0.140. The van der Waals surface area contributed by atoms with Crippen LogP contribution >= 0.6 is 0 Å². The quantitative estimate of drug-likeness (QED) is 0.793. The summed E-state index contributed by atoms with van der Waals surface area (Å²) in [6.45, 7) is 4.32. The van der Waals surface area contributed by atoms with Crippen LogP contribution in [0.1, 0.15) is 19.4 Å². The van der Waals surface area contributed by atoms with Crippen molar-refractivity contribution in [2.75, 3.05) is 7.11 Å². The Morgan fingerprint density at radius 3 is 2.35 bits per heavy atom. The molecule has 94 valence electrons. The zero-order chi connectivity index (χ0) is 12.8. The van der Waals surface area contributed by atoms with E-state index in [0.29, 0.717) is 6.54 Å². The predicted molar refractivity (Wildman–Crippen MR) is 66.1 cm³/mol. The van der Waals surface area contributed by atoms with Crippen molar-refractivity contribution in [3.8, 4) is 5.75 Å². The summed E-state index contributed by atoms with van der Waals surface area (Å²) in [4.78, 5) is 11.0. The average Bonchev–Trinajstić information content (AvgIpc) is 2.29. The minimum atomic E-state index is -0.812. The van der Waals surface area contributed by atoms with Gasteiger partial charge in [-0.1, -0.05) is 26.0 Å². The van der Waals surface area contributed by atoms with Crippen LogP contribution in [0, 0.1) is 5.92 Å². The van der Waals surface area contributed by atoms with Gasteiger partial charge in [0.25, 0.3) is 0 Å². The number of carboxylic acid groups (broad SMARTS) is 1. The molecule has 17 heavy (non-hydrogen) atoms. The molecular formula is C13H19NO3. The van der Waals surface area contributed by atoms with Crippen molar-refractivity contribution in [1.29, 1.82) is 0 Å². The Bertz CT molecular complexity index is 359. The van der Waals surface area contributed by atoms with Gasteiger partial charge in [0.1, 0.15) is 11.8 Å². The van der Waals surface area contributed by atoms with E-state index in [1.54, 1.807) is 7.11 Å². The number of carboxylic acids is 1. The number of benzene rings is 1. The van der Waals surface area contributed by atoms with Gasteiger partial charge in [0.05, 0.1) is 7.11 Å². The molecule has 0 aliphatic rings. The van der Waals surface area contributed by atoms with E-state index in [9.17, 15) is 4.79 Å². The molecule has 0 aliphatic carbocycles. The number of nitrogens with one attached hydrogen (secondary N) is 1. The maximum Gasteiger partial charge on any atom is 0.320 e. The normalized spacial score (nSPS) is 12.5. The summed E-state index contributed by atoms with van der Waals surface area (Å²) in [5.41, 5.74) is 1.04. The van der Waals surface area contributed by atoms with E-state index in [1.807, 2.05) is 38.1 Å². The van der Waals surface area contributed by atoms with Crippen molar-refractivity contribution < 1.29 is 14.6 Å². The molecule has 1 rings (SSSR count). The number of rotatable bonds is 6. The lowest BCUT2D eigenvalue weighted by Crippen LogP contribution is -2.40. The van der Waals surface area contributed by atoms with Crippen LogP contribution in [0.15, 0.2) is 24.3 Å². The number of carbonyl (C=O) groups is 1. The molecule has 0 saturated heterocycles. The Labute approximate surface area is 102 Å². The van der Waals surface area contributed by atoms with Gasteiger partial charge in [-0.25, -0.2) is 0 Å². The van der Waals surface area contributed by atoms with E-state index in [4.69, 9.17) is 9.84 Å². The van der Waals surface area contributed by atoms with Crippen LogP contribution in [-0.2, 0) is 11.3 Å². The molecular weight excluding hydrogens is 218 g/mol. The average molecular weight is 237 g/mol. The highest BCUT2D eigenvalue weighted by molar-refractivity contribution is 5.73. The summed E-state index contributed by atoms with van der Waals surface area (Å²) in [5.74, 6) is 0.0478. The summed E-state index contributed by atoms with van der Waals surface area (Å²) in [5, 5.41) is 12.1. The highest BCUT2D eigenvalue weighted by atomic mass is 16.5. The predicted octanol–water partition coefficient (Wildman–Crippen LogP) is 1.89. The zero-order valence-corrected chi connectivity index (χ0v) is 10.4. The zero-order valence-electron chi connectivity index (χ0n) is 10.4. The number of aliphatic carboxylic acids is 1. The smallest absolute Gasteiger partial charge is 0.320 e. The van der Waals surface area contributed by atoms with Gasteiger partial charge in [-0.05, 0) is 23.6 Å². The Morgan fingerprint density at radius 2 is 1.94 bits per heavy atom. The molecule has 0 radical (unpaired) electrons. The van der Waals surface area contributed by atoms with Crippen molar-refractivity contribution in [3.63, 3.8) is 0 Å². The second-order valence-corrected chi connectivity index (χ2v) is 4.29. The molecule has 0 amide bonds. The molecule has 0 saturated carbocycles. The minimum Gasteiger partial charge on any atom is -0.497 e. The molecule has 0 aliphatic heterocycles. The molecule has 4 heteroatoms. The summed E-state index contributed by atoms with van der Waals surface area (Å²) in [7, 11) is 1.62. The van der Waals surface area contributed by atoms with Crippen LogP contribution in [0.3, 0.4) is 0 Å². The van der Waals surface area contributed by atoms with Crippen molar-refractivity contribution in [2.24, 2.45) is 5.92 Å². The van der Waals surface area contributed by atoms with E-state index in [2.05, 4.69) is 5.32 Å². The standard InChI is InChI=1S/C13H19NO3/c1-9(2)12(13(15)16)14-8-10-4-6-11(17-3)7-5-10/h4-7,9,12,14H,8H2,1-3H3,(H,15,16)/t12-/m1/s1. The van der Waals surface area contributed by atoms with Crippen LogP contribution < -0.4 is 10.1 Å². The largest absolute Gasteiger partial charge is 0.497 e. The van der Waals surface area contributed by atoms with Gasteiger partial charge in [0.15, 0.2) is 0 Å². The molecule has 0 aromatic heterocycles. The highest BCUT2D eigenvalue weighted by Crippen LogP contribution is 2.11. The van der Waals surface area contributed by atoms with Gasteiger partial charge in [0, 0.05) is 6.54 Å². The topological polar surface area (TPSA) is 58.6 Å². The third-order valence-corrected chi connectivity index (χ3v) is 2.62. The van der Waals surface area contributed by atoms with Crippen LogP contribution in [0.4, 0.5) is 0 Å². The van der Waals surface area contributed by atoms with Crippen molar-refractivity contribution in [2.45, 2.75) is 26.4 Å². The van der Waals surface area contributed by atoms with Gasteiger partial charge in [-0.15, -0.1) is 0 Å². The molecule has 2 N–H and O–H groups in total. The first kappa shape index (κ1) is 13.5. The third kappa shape index (κ3) is 4.07. The van der Waals surface area contributed by atoms with E-state index >= 15 is 0 Å². The fraction of sp³-hybridized carbons (Fsp3) is 0.462. The molecule has 4 nitrogen and oxygen atoms in total. The maximum absolute atomic E-state index is 11.0. The van der Waals surface area contributed by atoms with Crippen LogP contribution in [-0.4, -0.2) is 24.2 Å². The molecule has 1 atom stereocenters. The van der Waals surface area contributed by atoms with Crippen molar-refractivity contribution >= 4 is 5.97 Å².